The van der Waals surface area contributed by atoms with Crippen molar-refractivity contribution in [3.05, 3.63) is 39.8 Å². The Morgan fingerprint density at radius 2 is 2.18 bits per heavy atom. The monoisotopic (exact) mass is 320 g/mol. The average molecular weight is 320 g/mol. The fraction of sp³-hybridized carbons (Fsp3) is 0.375. The van der Waals surface area contributed by atoms with Gasteiger partial charge in [0.1, 0.15) is 4.88 Å². The minimum absolute atomic E-state index is 0.111. The smallest absolute Gasteiger partial charge is 0.263 e. The van der Waals surface area contributed by atoms with Crippen molar-refractivity contribution >= 4 is 17.2 Å². The summed E-state index contributed by atoms with van der Waals surface area (Å²) in [5, 5.41) is 2.98. The van der Waals surface area contributed by atoms with Gasteiger partial charge in [0.05, 0.1) is 31.0 Å². The van der Waals surface area contributed by atoms with Crippen molar-refractivity contribution in [3.8, 4) is 11.5 Å². The maximum atomic E-state index is 12.2. The van der Waals surface area contributed by atoms with Gasteiger partial charge in [-0.1, -0.05) is 6.07 Å². The SMILES string of the molecule is CCOc1ccc([C@H](C)NC(=O)c2scnc2C)cc1OC. The van der Waals surface area contributed by atoms with Crippen LogP contribution in [0.5, 0.6) is 11.5 Å². The van der Waals surface area contributed by atoms with Gasteiger partial charge in [0.15, 0.2) is 11.5 Å². The molecule has 1 aromatic heterocycles. The zero-order chi connectivity index (χ0) is 16.1. The number of aromatic nitrogens is 1. The fourth-order valence-electron chi connectivity index (χ4n) is 2.09. The summed E-state index contributed by atoms with van der Waals surface area (Å²) in [6.07, 6.45) is 0. The van der Waals surface area contributed by atoms with Gasteiger partial charge in [-0.05, 0) is 38.5 Å². The molecule has 2 rings (SSSR count). The number of amides is 1. The molecule has 0 aliphatic heterocycles. The van der Waals surface area contributed by atoms with E-state index in [1.54, 1.807) is 12.6 Å². The first kappa shape index (κ1) is 16.3. The molecule has 0 saturated heterocycles. The number of methoxy groups -OCH3 is 1. The molecule has 2 aromatic rings. The van der Waals surface area contributed by atoms with Gasteiger partial charge in [-0.2, -0.15) is 0 Å². The van der Waals surface area contributed by atoms with Crippen LogP contribution in [-0.2, 0) is 0 Å². The van der Waals surface area contributed by atoms with Gasteiger partial charge in [-0.3, -0.25) is 4.79 Å². The van der Waals surface area contributed by atoms with Crippen molar-refractivity contribution in [3.63, 3.8) is 0 Å². The van der Waals surface area contributed by atoms with Crippen LogP contribution in [0.2, 0.25) is 0 Å². The number of carbonyl (C=O) groups excluding carboxylic acids is 1. The fourth-order valence-corrected chi connectivity index (χ4v) is 2.80. The Balaban J connectivity index is 2.14. The summed E-state index contributed by atoms with van der Waals surface area (Å²) in [5.41, 5.74) is 3.38. The highest BCUT2D eigenvalue weighted by Gasteiger charge is 2.16. The predicted molar refractivity (Wildman–Crippen MR) is 86.9 cm³/mol. The Morgan fingerprint density at radius 1 is 1.41 bits per heavy atom. The molecule has 0 unspecified atom stereocenters. The molecular formula is C16H20N2O3S. The molecule has 5 nitrogen and oxygen atoms in total. The predicted octanol–water partition coefficient (Wildman–Crippen LogP) is 3.35. The minimum atomic E-state index is -0.140. The summed E-state index contributed by atoms with van der Waals surface area (Å²) in [7, 11) is 1.60. The number of rotatable bonds is 6. The van der Waals surface area contributed by atoms with E-state index in [0.717, 1.165) is 11.3 Å². The van der Waals surface area contributed by atoms with Crippen LogP contribution < -0.4 is 14.8 Å². The summed E-state index contributed by atoms with van der Waals surface area (Å²) >= 11 is 1.34. The number of carbonyl (C=O) groups is 1. The van der Waals surface area contributed by atoms with Crippen LogP contribution in [-0.4, -0.2) is 24.6 Å². The Kier molecular flexibility index (Phi) is 5.38. The first-order valence-electron chi connectivity index (χ1n) is 7.08. The van der Waals surface area contributed by atoms with Gasteiger partial charge in [0, 0.05) is 0 Å². The van der Waals surface area contributed by atoms with Crippen LogP contribution in [0.15, 0.2) is 23.7 Å². The molecule has 6 heteroatoms. The van der Waals surface area contributed by atoms with Crippen LogP contribution in [0.1, 0.15) is 40.8 Å². The molecule has 0 bridgehead atoms. The number of benzene rings is 1. The van der Waals surface area contributed by atoms with Crippen molar-refractivity contribution < 1.29 is 14.3 Å². The molecule has 118 valence electrons. The molecule has 0 spiro atoms. The maximum Gasteiger partial charge on any atom is 0.263 e. The third-order valence-corrected chi connectivity index (χ3v) is 4.21. The number of hydrogen-bond acceptors (Lipinski definition) is 5. The number of ether oxygens (including phenoxy) is 2. The minimum Gasteiger partial charge on any atom is -0.493 e. The van der Waals surface area contributed by atoms with Gasteiger partial charge in [-0.15, -0.1) is 11.3 Å². The highest BCUT2D eigenvalue weighted by molar-refractivity contribution is 7.11. The first-order valence-corrected chi connectivity index (χ1v) is 7.96. The summed E-state index contributed by atoms with van der Waals surface area (Å²) in [6, 6.07) is 5.53. The molecule has 1 N–H and O–H groups in total. The van der Waals surface area contributed by atoms with Crippen molar-refractivity contribution in [2.75, 3.05) is 13.7 Å². The van der Waals surface area contributed by atoms with Crippen LogP contribution in [0.3, 0.4) is 0 Å². The lowest BCUT2D eigenvalue weighted by molar-refractivity contribution is 0.0943. The molecule has 22 heavy (non-hydrogen) atoms. The van der Waals surface area contributed by atoms with E-state index < -0.39 is 0 Å². The summed E-state index contributed by atoms with van der Waals surface area (Å²) in [4.78, 5) is 17.0. The Hall–Kier alpha value is -2.08. The molecule has 1 aromatic carbocycles. The van der Waals surface area contributed by atoms with Crippen LogP contribution >= 0.6 is 11.3 Å². The van der Waals surface area contributed by atoms with Crippen LogP contribution in [0.4, 0.5) is 0 Å². The Labute approximate surface area is 134 Å². The lowest BCUT2D eigenvalue weighted by Gasteiger charge is -2.16. The molecule has 1 amide bonds. The van der Waals surface area contributed by atoms with Gasteiger partial charge in [0.25, 0.3) is 5.91 Å². The second-order valence-corrected chi connectivity index (χ2v) is 5.66. The summed E-state index contributed by atoms with van der Waals surface area (Å²) in [6.45, 7) is 6.26. The molecular weight excluding hydrogens is 300 g/mol. The van der Waals surface area contributed by atoms with Crippen LogP contribution in [0, 0.1) is 6.92 Å². The molecule has 0 fully saturated rings. The van der Waals surface area contributed by atoms with Gasteiger partial charge >= 0.3 is 0 Å². The molecule has 1 heterocycles. The molecule has 0 saturated carbocycles. The number of nitrogens with zero attached hydrogens (tertiary/aromatic N) is 1. The van der Waals surface area contributed by atoms with Crippen molar-refractivity contribution in [2.45, 2.75) is 26.8 Å². The Morgan fingerprint density at radius 3 is 2.77 bits per heavy atom. The number of thiazole rings is 1. The van der Waals surface area contributed by atoms with E-state index in [2.05, 4.69) is 10.3 Å². The quantitative estimate of drug-likeness (QED) is 0.886. The summed E-state index contributed by atoms with van der Waals surface area (Å²) < 4.78 is 10.8. The lowest BCUT2D eigenvalue weighted by atomic mass is 10.1. The molecule has 0 radical (unpaired) electrons. The number of aryl methyl sites for hydroxylation is 1. The third kappa shape index (κ3) is 3.57. The molecule has 0 aliphatic rings. The largest absolute Gasteiger partial charge is 0.493 e. The van der Waals surface area contributed by atoms with E-state index in [0.29, 0.717) is 23.0 Å². The highest BCUT2D eigenvalue weighted by atomic mass is 32.1. The highest BCUT2D eigenvalue weighted by Crippen LogP contribution is 2.30. The normalized spacial score (nSPS) is 11.8. The zero-order valence-electron chi connectivity index (χ0n) is 13.2. The number of nitrogens with one attached hydrogen (secondary N) is 1. The van der Waals surface area contributed by atoms with E-state index in [9.17, 15) is 4.79 Å². The zero-order valence-corrected chi connectivity index (χ0v) is 14.0. The maximum absolute atomic E-state index is 12.2. The Bertz CT molecular complexity index is 655. The van der Waals surface area contributed by atoms with Crippen LogP contribution in [0.25, 0.3) is 0 Å². The van der Waals surface area contributed by atoms with Crippen molar-refractivity contribution in [1.82, 2.24) is 10.3 Å². The van der Waals surface area contributed by atoms with Crippen molar-refractivity contribution in [1.29, 1.82) is 0 Å². The third-order valence-electron chi connectivity index (χ3n) is 3.29. The standard InChI is InChI=1S/C16H20N2O3S/c1-5-21-13-7-6-12(8-14(13)20-4)10(2)18-16(19)15-11(3)17-9-22-15/h6-10H,5H2,1-4H3,(H,18,19)/t10-/m0/s1. The number of hydrogen-bond donors (Lipinski definition) is 1. The summed E-state index contributed by atoms with van der Waals surface area (Å²) in [5.74, 6) is 1.25. The second-order valence-electron chi connectivity index (χ2n) is 4.81. The second kappa shape index (κ2) is 7.26. The van der Waals surface area contributed by atoms with Gasteiger partial charge in [0.2, 0.25) is 0 Å². The van der Waals surface area contributed by atoms with Crippen molar-refractivity contribution in [2.24, 2.45) is 0 Å². The van der Waals surface area contributed by atoms with Gasteiger partial charge in [-0.25, -0.2) is 4.98 Å². The molecule has 1 atom stereocenters. The lowest BCUT2D eigenvalue weighted by Crippen LogP contribution is -2.26. The van der Waals surface area contributed by atoms with E-state index in [4.69, 9.17) is 9.47 Å². The van der Waals surface area contributed by atoms with E-state index in [-0.39, 0.29) is 11.9 Å². The molecule has 0 aliphatic carbocycles. The van der Waals surface area contributed by atoms with Gasteiger partial charge < -0.3 is 14.8 Å². The first-order chi connectivity index (χ1) is 10.6. The van der Waals surface area contributed by atoms with E-state index >= 15 is 0 Å². The topological polar surface area (TPSA) is 60.5 Å². The average Bonchev–Trinajstić information content (AvgIpc) is 2.94. The van der Waals surface area contributed by atoms with E-state index in [1.807, 2.05) is 39.0 Å². The van der Waals surface area contributed by atoms with E-state index in [1.165, 1.54) is 11.3 Å².